The molecule has 0 saturated heterocycles. The summed E-state index contributed by atoms with van der Waals surface area (Å²) < 4.78 is 31.7. The van der Waals surface area contributed by atoms with Gasteiger partial charge >= 0.3 is 12.1 Å². The van der Waals surface area contributed by atoms with E-state index in [1.165, 1.54) is 25.7 Å². The second-order valence-electron chi connectivity index (χ2n) is 4.83. The van der Waals surface area contributed by atoms with Crippen LogP contribution < -0.4 is 5.73 Å². The summed E-state index contributed by atoms with van der Waals surface area (Å²) in [6.07, 6.45) is 0.780. The maximum Gasteiger partial charge on any atom is 0.490 e. The summed E-state index contributed by atoms with van der Waals surface area (Å²) in [4.78, 5) is 8.90. The fourth-order valence-electron chi connectivity index (χ4n) is 2.01. The quantitative estimate of drug-likeness (QED) is 0.737. The highest BCUT2D eigenvalue weighted by atomic mass is 19.4. The average molecular weight is 239 g/mol. The third-order valence-electron chi connectivity index (χ3n) is 3.33. The Morgan fingerprint density at radius 2 is 1.81 bits per heavy atom. The first-order valence-electron chi connectivity index (χ1n) is 5.22. The first-order valence-corrected chi connectivity index (χ1v) is 5.22. The average Bonchev–Trinajstić information content (AvgIpc) is 2.78. The smallest absolute Gasteiger partial charge is 0.475 e. The van der Waals surface area contributed by atoms with Crippen LogP contribution in [0, 0.1) is 11.3 Å². The number of carbonyl (C=O) groups is 1. The first kappa shape index (κ1) is 13.3. The summed E-state index contributed by atoms with van der Waals surface area (Å²) in [7, 11) is 0. The highest BCUT2D eigenvalue weighted by Crippen LogP contribution is 2.63. The van der Waals surface area contributed by atoms with Crippen molar-refractivity contribution in [2.45, 2.75) is 44.8 Å². The molecule has 1 unspecified atom stereocenters. The van der Waals surface area contributed by atoms with E-state index in [0.717, 1.165) is 11.3 Å². The molecule has 2 rings (SSSR count). The van der Waals surface area contributed by atoms with Crippen LogP contribution in [-0.4, -0.2) is 23.3 Å². The molecule has 6 heteroatoms. The fraction of sp³-hybridized carbons (Fsp3) is 0.900. The van der Waals surface area contributed by atoms with Gasteiger partial charge in [-0.1, -0.05) is 0 Å². The van der Waals surface area contributed by atoms with Gasteiger partial charge in [-0.2, -0.15) is 13.2 Å². The Hall–Kier alpha value is -0.780. The van der Waals surface area contributed by atoms with E-state index in [9.17, 15) is 13.2 Å². The first-order chi connectivity index (χ1) is 7.16. The number of hydrogen-bond donors (Lipinski definition) is 2. The van der Waals surface area contributed by atoms with Crippen LogP contribution >= 0.6 is 0 Å². The third-order valence-corrected chi connectivity index (χ3v) is 3.33. The molecular formula is C10H16F3NO2. The molecule has 0 aromatic rings. The lowest BCUT2D eigenvalue weighted by Crippen LogP contribution is -2.38. The van der Waals surface area contributed by atoms with E-state index in [0.29, 0.717) is 6.04 Å². The Bertz CT molecular complexity index is 264. The van der Waals surface area contributed by atoms with Crippen molar-refractivity contribution >= 4 is 5.97 Å². The van der Waals surface area contributed by atoms with Gasteiger partial charge in [0.2, 0.25) is 0 Å². The Morgan fingerprint density at radius 1 is 1.44 bits per heavy atom. The number of carboxylic acid groups (broad SMARTS) is 1. The molecule has 0 bridgehead atoms. The molecule has 2 aliphatic carbocycles. The lowest BCUT2D eigenvalue weighted by atomic mass is 9.69. The van der Waals surface area contributed by atoms with Crippen molar-refractivity contribution in [3.8, 4) is 0 Å². The molecule has 3 N–H and O–H groups in total. The van der Waals surface area contributed by atoms with Gasteiger partial charge in [0.05, 0.1) is 0 Å². The molecule has 0 heterocycles. The minimum absolute atomic E-state index is 0.455. The number of hydrogen-bond acceptors (Lipinski definition) is 2. The summed E-state index contributed by atoms with van der Waals surface area (Å²) in [5.41, 5.74) is 6.59. The maximum absolute atomic E-state index is 10.6. The van der Waals surface area contributed by atoms with E-state index in [4.69, 9.17) is 15.6 Å². The Morgan fingerprint density at radius 3 is 2.00 bits per heavy atom. The van der Waals surface area contributed by atoms with Gasteiger partial charge in [-0.25, -0.2) is 4.79 Å². The van der Waals surface area contributed by atoms with Gasteiger partial charge in [-0.05, 0) is 43.9 Å². The van der Waals surface area contributed by atoms with Gasteiger partial charge in [0.15, 0.2) is 0 Å². The van der Waals surface area contributed by atoms with Crippen molar-refractivity contribution in [1.29, 1.82) is 0 Å². The monoisotopic (exact) mass is 239 g/mol. The summed E-state index contributed by atoms with van der Waals surface area (Å²) in [6, 6.07) is 0.455. The molecule has 0 amide bonds. The molecule has 2 aliphatic rings. The summed E-state index contributed by atoms with van der Waals surface area (Å²) >= 11 is 0. The summed E-state index contributed by atoms with van der Waals surface area (Å²) in [5, 5.41) is 7.12. The fourth-order valence-corrected chi connectivity index (χ4v) is 2.01. The van der Waals surface area contributed by atoms with Gasteiger partial charge < -0.3 is 10.8 Å². The number of aliphatic carboxylic acids is 1. The van der Waals surface area contributed by atoms with Crippen molar-refractivity contribution in [2.24, 2.45) is 17.1 Å². The second-order valence-corrected chi connectivity index (χ2v) is 4.83. The van der Waals surface area contributed by atoms with Crippen molar-refractivity contribution in [3.05, 3.63) is 0 Å². The molecule has 0 aliphatic heterocycles. The zero-order chi connectivity index (χ0) is 12.6. The van der Waals surface area contributed by atoms with Crippen molar-refractivity contribution in [3.63, 3.8) is 0 Å². The van der Waals surface area contributed by atoms with Crippen LogP contribution in [0.3, 0.4) is 0 Å². The van der Waals surface area contributed by atoms with Gasteiger partial charge in [0.1, 0.15) is 0 Å². The Kier molecular flexibility index (Phi) is 3.52. The van der Waals surface area contributed by atoms with E-state index < -0.39 is 12.1 Å². The zero-order valence-corrected chi connectivity index (χ0v) is 9.05. The van der Waals surface area contributed by atoms with E-state index in [-0.39, 0.29) is 0 Å². The van der Waals surface area contributed by atoms with Gasteiger partial charge in [0, 0.05) is 6.04 Å². The molecule has 3 nitrogen and oxygen atoms in total. The van der Waals surface area contributed by atoms with E-state index in [2.05, 4.69) is 6.92 Å². The predicted octanol–water partition coefficient (Wildman–Crippen LogP) is 2.16. The molecule has 0 aromatic heterocycles. The van der Waals surface area contributed by atoms with Crippen LogP contribution in [-0.2, 0) is 4.79 Å². The second kappa shape index (κ2) is 4.24. The highest BCUT2D eigenvalue weighted by Gasteiger charge is 2.53. The van der Waals surface area contributed by atoms with Gasteiger partial charge in [-0.3, -0.25) is 0 Å². The minimum Gasteiger partial charge on any atom is -0.475 e. The van der Waals surface area contributed by atoms with Crippen LogP contribution in [0.25, 0.3) is 0 Å². The summed E-state index contributed by atoms with van der Waals surface area (Å²) in [5.74, 6) is -1.89. The molecule has 2 fully saturated rings. The Labute approximate surface area is 91.8 Å². The molecule has 94 valence electrons. The van der Waals surface area contributed by atoms with Crippen molar-refractivity contribution < 1.29 is 23.1 Å². The number of carboxylic acids is 1. The van der Waals surface area contributed by atoms with Crippen LogP contribution in [0.1, 0.15) is 32.6 Å². The molecule has 1 spiro atoms. The van der Waals surface area contributed by atoms with Crippen molar-refractivity contribution in [2.75, 3.05) is 0 Å². The van der Waals surface area contributed by atoms with Crippen molar-refractivity contribution in [1.82, 2.24) is 0 Å². The zero-order valence-electron chi connectivity index (χ0n) is 9.05. The minimum atomic E-state index is -5.08. The standard InChI is InChI=1S/C8H15N.C2HF3O2/c1-6(9)7-4-8(5-7)2-3-8;3-2(4,5)1(6)7/h6-7H,2-5,9H2,1H3;(H,6,7). The third kappa shape index (κ3) is 3.37. The summed E-state index contributed by atoms with van der Waals surface area (Å²) in [6.45, 7) is 2.14. The van der Waals surface area contributed by atoms with Crippen LogP contribution in [0.5, 0.6) is 0 Å². The van der Waals surface area contributed by atoms with Gasteiger partial charge in [-0.15, -0.1) is 0 Å². The lowest BCUT2D eigenvalue weighted by molar-refractivity contribution is -0.192. The molecule has 2 saturated carbocycles. The SMILES string of the molecule is CC(N)C1CC2(CC2)C1.O=C(O)C(F)(F)F. The normalized spacial score (nSPS) is 24.1. The van der Waals surface area contributed by atoms with E-state index in [1.54, 1.807) is 0 Å². The highest BCUT2D eigenvalue weighted by molar-refractivity contribution is 5.73. The molecule has 0 aromatic carbocycles. The number of halogens is 3. The number of rotatable bonds is 1. The maximum atomic E-state index is 10.6. The van der Waals surface area contributed by atoms with E-state index in [1.807, 2.05) is 0 Å². The molecular weight excluding hydrogens is 223 g/mol. The lowest BCUT2D eigenvalue weighted by Gasteiger charge is -2.38. The van der Waals surface area contributed by atoms with Crippen LogP contribution in [0.2, 0.25) is 0 Å². The Balaban J connectivity index is 0.000000168. The molecule has 0 radical (unpaired) electrons. The van der Waals surface area contributed by atoms with Crippen LogP contribution in [0.4, 0.5) is 13.2 Å². The number of nitrogens with two attached hydrogens (primary N) is 1. The molecule has 16 heavy (non-hydrogen) atoms. The largest absolute Gasteiger partial charge is 0.490 e. The molecule has 1 atom stereocenters. The van der Waals surface area contributed by atoms with Gasteiger partial charge in [0.25, 0.3) is 0 Å². The topological polar surface area (TPSA) is 63.3 Å². The number of alkyl halides is 3. The van der Waals surface area contributed by atoms with Crippen LogP contribution in [0.15, 0.2) is 0 Å². The van der Waals surface area contributed by atoms with E-state index >= 15 is 0 Å². The predicted molar refractivity (Wildman–Crippen MR) is 51.7 cm³/mol.